The van der Waals surface area contributed by atoms with Crippen molar-refractivity contribution in [2.75, 3.05) is 0 Å². The molecule has 0 unspecified atom stereocenters. The van der Waals surface area contributed by atoms with Crippen molar-refractivity contribution in [3.63, 3.8) is 0 Å². The SMILES string of the molecule is c1ccc(-c2c3ccccc3c(-c3ccc4c(c3)sc3ccc(-c5c6ccccc6c(-c6ccoc6)c6ccccc56)cc34)c3ccccc23)cc1. The lowest BCUT2D eigenvalue weighted by Gasteiger charge is -2.17. The van der Waals surface area contributed by atoms with Gasteiger partial charge in [0.15, 0.2) is 0 Å². The van der Waals surface area contributed by atoms with E-state index in [0.29, 0.717) is 0 Å². The predicted molar refractivity (Wildman–Crippen MR) is 223 cm³/mol. The van der Waals surface area contributed by atoms with E-state index in [0.717, 1.165) is 5.56 Å². The zero-order chi connectivity index (χ0) is 34.2. The molecule has 242 valence electrons. The van der Waals surface area contributed by atoms with E-state index in [9.17, 15) is 0 Å². The van der Waals surface area contributed by atoms with Gasteiger partial charge in [-0.3, -0.25) is 0 Å². The van der Waals surface area contributed by atoms with E-state index in [2.05, 4.69) is 170 Å². The lowest BCUT2D eigenvalue weighted by molar-refractivity contribution is 0.568. The highest BCUT2D eigenvalue weighted by Crippen LogP contribution is 2.47. The molecule has 0 N–H and O–H groups in total. The first-order chi connectivity index (χ1) is 25.8. The van der Waals surface area contributed by atoms with Crippen molar-refractivity contribution in [1.29, 1.82) is 0 Å². The quantitative estimate of drug-likeness (QED) is 0.169. The van der Waals surface area contributed by atoms with E-state index >= 15 is 0 Å². The molecule has 1 nitrogen and oxygen atoms in total. The highest BCUT2D eigenvalue weighted by atomic mass is 32.1. The molecule has 0 spiro atoms. The van der Waals surface area contributed by atoms with Crippen LogP contribution in [0, 0.1) is 0 Å². The molecule has 0 radical (unpaired) electrons. The van der Waals surface area contributed by atoms with Crippen LogP contribution in [0.5, 0.6) is 0 Å². The molecule has 0 saturated carbocycles. The van der Waals surface area contributed by atoms with Crippen molar-refractivity contribution in [2.45, 2.75) is 0 Å². The van der Waals surface area contributed by atoms with Crippen molar-refractivity contribution >= 4 is 74.6 Å². The molecule has 0 aliphatic rings. The predicted octanol–water partition coefficient (Wildman–Crippen LogP) is 14.9. The monoisotopic (exact) mass is 678 g/mol. The molecule has 0 bridgehead atoms. The van der Waals surface area contributed by atoms with Crippen molar-refractivity contribution in [3.8, 4) is 44.5 Å². The Labute approximate surface area is 304 Å². The Kier molecular flexibility index (Phi) is 6.49. The Hall–Kier alpha value is -6.48. The number of rotatable bonds is 4. The van der Waals surface area contributed by atoms with Crippen LogP contribution >= 0.6 is 11.3 Å². The summed E-state index contributed by atoms with van der Waals surface area (Å²) in [6.45, 7) is 0. The van der Waals surface area contributed by atoms with Gasteiger partial charge in [-0.1, -0.05) is 146 Å². The second-order valence-corrected chi connectivity index (χ2v) is 14.7. The van der Waals surface area contributed by atoms with E-state index < -0.39 is 0 Å². The Balaban J connectivity index is 1.13. The molecule has 11 rings (SSSR count). The number of hydrogen-bond acceptors (Lipinski definition) is 2. The molecule has 0 fully saturated rings. The number of hydrogen-bond donors (Lipinski definition) is 0. The molecule has 0 saturated heterocycles. The highest BCUT2D eigenvalue weighted by molar-refractivity contribution is 7.25. The molecule has 0 aliphatic carbocycles. The molecule has 0 atom stereocenters. The molecule has 2 heteroatoms. The summed E-state index contributed by atoms with van der Waals surface area (Å²) in [5.41, 5.74) is 9.90. The van der Waals surface area contributed by atoms with Crippen molar-refractivity contribution in [1.82, 2.24) is 0 Å². The molecule has 9 aromatic carbocycles. The van der Waals surface area contributed by atoms with Crippen LogP contribution in [-0.4, -0.2) is 0 Å². The summed E-state index contributed by atoms with van der Waals surface area (Å²) < 4.78 is 8.17. The van der Waals surface area contributed by atoms with Gasteiger partial charge >= 0.3 is 0 Å². The number of fused-ring (bicyclic) bond motifs is 7. The van der Waals surface area contributed by atoms with Crippen LogP contribution in [0.4, 0.5) is 0 Å². The molecule has 0 aliphatic heterocycles. The van der Waals surface area contributed by atoms with Gasteiger partial charge in [0, 0.05) is 31.3 Å². The number of benzene rings is 9. The third-order valence-corrected chi connectivity index (χ3v) is 11.9. The molecule has 11 aromatic rings. The van der Waals surface area contributed by atoms with Crippen LogP contribution in [0.25, 0.3) is 108 Å². The van der Waals surface area contributed by atoms with Crippen LogP contribution in [0.15, 0.2) is 187 Å². The summed E-state index contributed by atoms with van der Waals surface area (Å²) in [7, 11) is 0. The fourth-order valence-corrected chi connectivity index (χ4v) is 9.73. The zero-order valence-electron chi connectivity index (χ0n) is 28.1. The van der Waals surface area contributed by atoms with Gasteiger partial charge in [-0.15, -0.1) is 11.3 Å². The third kappa shape index (κ3) is 4.35. The average molecular weight is 679 g/mol. The average Bonchev–Trinajstić information content (AvgIpc) is 3.87. The Bertz CT molecular complexity index is 3050. The smallest absolute Gasteiger partial charge is 0.0981 e. The maximum Gasteiger partial charge on any atom is 0.0981 e. The highest BCUT2D eigenvalue weighted by Gasteiger charge is 2.20. The molecular formula is C50H30OS. The van der Waals surface area contributed by atoms with E-state index in [1.165, 1.54) is 102 Å². The van der Waals surface area contributed by atoms with Crippen molar-refractivity contribution in [2.24, 2.45) is 0 Å². The minimum absolute atomic E-state index is 1.10. The minimum Gasteiger partial charge on any atom is -0.472 e. The first-order valence-electron chi connectivity index (χ1n) is 17.7. The summed E-state index contributed by atoms with van der Waals surface area (Å²) in [6, 6.07) is 62.4. The van der Waals surface area contributed by atoms with E-state index in [-0.39, 0.29) is 0 Å². The third-order valence-electron chi connectivity index (χ3n) is 10.8. The molecule has 2 heterocycles. The Morgan fingerprint density at radius 1 is 0.288 bits per heavy atom. The summed E-state index contributed by atoms with van der Waals surface area (Å²) in [4.78, 5) is 0. The van der Waals surface area contributed by atoms with Crippen molar-refractivity contribution < 1.29 is 4.42 Å². The molecule has 52 heavy (non-hydrogen) atoms. The van der Waals surface area contributed by atoms with Gasteiger partial charge in [0.25, 0.3) is 0 Å². The standard InChI is InChI=1S/C50H30OS/c1-2-12-31(13-3-1)47-36-14-4-6-16-38(36)49(39-17-7-5-15-37(39)47)33-22-24-35-44-28-32(23-25-45(44)52-46(35)29-33)48-40-18-8-10-20-42(40)50(34-26-27-51-30-34)43-21-11-9-19-41(43)48/h1-30H. The maximum absolute atomic E-state index is 5.57. The summed E-state index contributed by atoms with van der Waals surface area (Å²) in [5, 5.41) is 12.7. The lowest BCUT2D eigenvalue weighted by atomic mass is 9.85. The molecule has 0 amide bonds. The van der Waals surface area contributed by atoms with Gasteiger partial charge in [-0.25, -0.2) is 0 Å². The Morgan fingerprint density at radius 2 is 0.731 bits per heavy atom. The Morgan fingerprint density at radius 3 is 1.23 bits per heavy atom. The maximum atomic E-state index is 5.57. The second kappa shape index (κ2) is 11.5. The van der Waals surface area contributed by atoms with Crippen LogP contribution in [0.1, 0.15) is 0 Å². The van der Waals surface area contributed by atoms with Gasteiger partial charge in [-0.2, -0.15) is 0 Å². The first kappa shape index (κ1) is 29.3. The fourth-order valence-electron chi connectivity index (χ4n) is 8.60. The normalized spacial score (nSPS) is 11.8. The van der Waals surface area contributed by atoms with E-state index in [1.807, 2.05) is 17.6 Å². The zero-order valence-corrected chi connectivity index (χ0v) is 29.0. The largest absolute Gasteiger partial charge is 0.472 e. The van der Waals surface area contributed by atoms with E-state index in [1.54, 1.807) is 6.26 Å². The van der Waals surface area contributed by atoms with Gasteiger partial charge in [0.1, 0.15) is 0 Å². The van der Waals surface area contributed by atoms with Crippen LogP contribution < -0.4 is 0 Å². The first-order valence-corrected chi connectivity index (χ1v) is 18.6. The number of thiophene rings is 1. The van der Waals surface area contributed by atoms with Crippen molar-refractivity contribution in [3.05, 3.63) is 182 Å². The van der Waals surface area contributed by atoms with Gasteiger partial charge in [0.2, 0.25) is 0 Å². The topological polar surface area (TPSA) is 13.1 Å². The van der Waals surface area contributed by atoms with E-state index in [4.69, 9.17) is 4.42 Å². The van der Waals surface area contributed by atoms with Gasteiger partial charge in [-0.05, 0) is 101 Å². The van der Waals surface area contributed by atoms with Crippen LogP contribution in [0.2, 0.25) is 0 Å². The summed E-state index contributed by atoms with van der Waals surface area (Å²) in [6.07, 6.45) is 3.62. The molecular weight excluding hydrogens is 649 g/mol. The van der Waals surface area contributed by atoms with Gasteiger partial charge < -0.3 is 4.42 Å². The summed E-state index contributed by atoms with van der Waals surface area (Å²) >= 11 is 1.88. The minimum atomic E-state index is 1.10. The summed E-state index contributed by atoms with van der Waals surface area (Å²) in [5.74, 6) is 0. The lowest BCUT2D eigenvalue weighted by Crippen LogP contribution is -1.90. The number of furan rings is 1. The second-order valence-electron chi connectivity index (χ2n) is 13.6. The molecule has 2 aromatic heterocycles. The van der Waals surface area contributed by atoms with Gasteiger partial charge in [0.05, 0.1) is 12.5 Å². The fraction of sp³-hybridized carbons (Fsp3) is 0. The van der Waals surface area contributed by atoms with Crippen LogP contribution in [0.3, 0.4) is 0 Å². The van der Waals surface area contributed by atoms with Crippen LogP contribution in [-0.2, 0) is 0 Å².